The summed E-state index contributed by atoms with van der Waals surface area (Å²) in [6.45, 7) is 4.49. The van der Waals surface area contributed by atoms with Gasteiger partial charge in [-0.25, -0.2) is 4.98 Å². The minimum Gasteiger partial charge on any atom is -0.380 e. The molecule has 0 saturated heterocycles. The summed E-state index contributed by atoms with van der Waals surface area (Å²) >= 11 is 0. The van der Waals surface area contributed by atoms with E-state index < -0.39 is 41.4 Å². The first-order valence-corrected chi connectivity index (χ1v) is 12.4. The van der Waals surface area contributed by atoms with E-state index in [9.17, 15) is 33.0 Å². The van der Waals surface area contributed by atoms with E-state index in [2.05, 4.69) is 10.3 Å². The van der Waals surface area contributed by atoms with E-state index in [4.69, 9.17) is 0 Å². The zero-order chi connectivity index (χ0) is 27.7. The Hall–Kier alpha value is -3.44. The fourth-order valence-electron chi connectivity index (χ4n) is 4.64. The topological polar surface area (TPSA) is 108 Å². The van der Waals surface area contributed by atoms with E-state index in [-0.39, 0.29) is 31.7 Å². The predicted octanol–water partition coefficient (Wildman–Crippen LogP) is 3.24. The van der Waals surface area contributed by atoms with Crippen LogP contribution in [-0.2, 0) is 35.4 Å². The number of nitrogens with one attached hydrogen (secondary N) is 1. The molecule has 0 radical (unpaired) electrons. The van der Waals surface area contributed by atoms with Crippen LogP contribution in [0.2, 0.25) is 0 Å². The van der Waals surface area contributed by atoms with Crippen LogP contribution in [0.15, 0.2) is 48.5 Å². The van der Waals surface area contributed by atoms with E-state index in [0.717, 1.165) is 15.7 Å². The predicted molar refractivity (Wildman–Crippen MR) is 133 cm³/mol. The van der Waals surface area contributed by atoms with Crippen LogP contribution >= 0.6 is 0 Å². The maximum absolute atomic E-state index is 13.6. The van der Waals surface area contributed by atoms with Crippen molar-refractivity contribution in [3.8, 4) is 0 Å². The lowest BCUT2D eigenvalue weighted by atomic mass is 9.85. The fraction of sp³-hybridized carbons (Fsp3) is 0.444. The molecule has 11 heteroatoms. The van der Waals surface area contributed by atoms with Crippen LogP contribution in [0.3, 0.4) is 0 Å². The number of benzene rings is 2. The molecule has 1 aliphatic rings. The van der Waals surface area contributed by atoms with E-state index in [1.54, 1.807) is 18.2 Å². The number of aliphatic hydroxyl groups is 2. The number of aromatic nitrogens is 2. The van der Waals surface area contributed by atoms with Crippen LogP contribution in [0.4, 0.5) is 13.2 Å². The van der Waals surface area contributed by atoms with Gasteiger partial charge in [-0.3, -0.25) is 9.59 Å². The number of halogens is 3. The van der Waals surface area contributed by atoms with Crippen molar-refractivity contribution < 1.29 is 33.0 Å². The second kappa shape index (κ2) is 10.7. The summed E-state index contributed by atoms with van der Waals surface area (Å²) in [5, 5.41) is 23.1. The number of rotatable bonds is 9. The Kier molecular flexibility index (Phi) is 7.80. The van der Waals surface area contributed by atoms with Crippen molar-refractivity contribution in [2.75, 3.05) is 6.54 Å². The number of hydrogen-bond acceptors (Lipinski definition) is 5. The Balaban J connectivity index is 1.29. The lowest BCUT2D eigenvalue weighted by molar-refractivity contribution is -0.153. The highest BCUT2D eigenvalue weighted by molar-refractivity contribution is 5.91. The van der Waals surface area contributed by atoms with Crippen molar-refractivity contribution in [2.24, 2.45) is 5.41 Å². The third-order valence-electron chi connectivity index (χ3n) is 6.99. The highest BCUT2D eigenvalue weighted by Gasteiger charge is 2.38. The maximum atomic E-state index is 13.6. The summed E-state index contributed by atoms with van der Waals surface area (Å²) in [6, 6.07) is 13.9. The minimum absolute atomic E-state index is 0.0738. The number of amides is 2. The second-order valence-corrected chi connectivity index (χ2v) is 10.4. The first kappa shape index (κ1) is 27.6. The number of carbonyl (C=O) groups is 2. The third kappa shape index (κ3) is 5.99. The molecule has 0 spiro atoms. The number of fused-ring (bicyclic) bond motifs is 2. The molecule has 2 atom stereocenters. The third-order valence-corrected chi connectivity index (χ3v) is 6.99. The highest BCUT2D eigenvalue weighted by atomic mass is 19.4. The van der Waals surface area contributed by atoms with E-state index >= 15 is 0 Å². The van der Waals surface area contributed by atoms with Gasteiger partial charge in [0.1, 0.15) is 0 Å². The standard InChI is InChI=1S/C27H31F3N4O4/c1-26(2,12-14-34-20-10-6-5-9-19(20)32-25(34)27(28,29)30)11-13-31-23(37)21(35)22(36)24(38)33-15-17-7-3-4-8-18(17)16-33/h3-10,21-22,35-36H,11-16H2,1-2H3,(H,31,37)/t21-,22-/m1/s1. The van der Waals surface area contributed by atoms with Crippen molar-refractivity contribution >= 4 is 22.8 Å². The molecule has 0 saturated carbocycles. The largest absolute Gasteiger partial charge is 0.449 e. The zero-order valence-electron chi connectivity index (χ0n) is 21.2. The van der Waals surface area contributed by atoms with Gasteiger partial charge in [0.25, 0.3) is 11.8 Å². The number of aliphatic hydroxyl groups excluding tert-OH is 2. The molecule has 8 nitrogen and oxygen atoms in total. The van der Waals surface area contributed by atoms with Crippen molar-refractivity contribution in [3.05, 3.63) is 65.5 Å². The Morgan fingerprint density at radius 3 is 2.21 bits per heavy atom. The van der Waals surface area contributed by atoms with Crippen molar-refractivity contribution in [2.45, 2.75) is 64.7 Å². The highest BCUT2D eigenvalue weighted by Crippen LogP contribution is 2.33. The summed E-state index contributed by atoms with van der Waals surface area (Å²) < 4.78 is 41.8. The number of aryl methyl sites for hydroxylation is 1. The van der Waals surface area contributed by atoms with Gasteiger partial charge in [0, 0.05) is 26.2 Å². The molecule has 2 heterocycles. The number of para-hydroxylation sites is 2. The van der Waals surface area contributed by atoms with Gasteiger partial charge in [0.2, 0.25) is 5.82 Å². The monoisotopic (exact) mass is 532 g/mol. The molecule has 2 aromatic carbocycles. The van der Waals surface area contributed by atoms with Crippen LogP contribution in [0.1, 0.15) is 43.6 Å². The van der Waals surface area contributed by atoms with Crippen molar-refractivity contribution in [1.82, 2.24) is 19.8 Å². The molecule has 38 heavy (non-hydrogen) atoms. The van der Waals surface area contributed by atoms with Crippen LogP contribution in [0.25, 0.3) is 11.0 Å². The Morgan fingerprint density at radius 2 is 1.58 bits per heavy atom. The number of hydrogen-bond donors (Lipinski definition) is 3. The average molecular weight is 533 g/mol. The van der Waals surface area contributed by atoms with Crippen LogP contribution in [0, 0.1) is 5.41 Å². The molecule has 3 aromatic rings. The quantitative estimate of drug-likeness (QED) is 0.392. The number of imidazole rings is 1. The van der Waals surface area contributed by atoms with Gasteiger partial charge in [-0.2, -0.15) is 13.2 Å². The molecule has 4 rings (SSSR count). The first-order valence-electron chi connectivity index (χ1n) is 12.4. The van der Waals surface area contributed by atoms with E-state index in [1.165, 1.54) is 11.0 Å². The maximum Gasteiger partial charge on any atom is 0.449 e. The van der Waals surface area contributed by atoms with Crippen molar-refractivity contribution in [3.63, 3.8) is 0 Å². The van der Waals surface area contributed by atoms with Gasteiger partial charge in [-0.15, -0.1) is 0 Å². The number of carbonyl (C=O) groups excluding carboxylic acids is 2. The zero-order valence-corrected chi connectivity index (χ0v) is 21.2. The average Bonchev–Trinajstić information content (AvgIpc) is 3.47. The molecule has 0 fully saturated rings. The van der Waals surface area contributed by atoms with E-state index in [0.29, 0.717) is 18.4 Å². The van der Waals surface area contributed by atoms with Crippen molar-refractivity contribution in [1.29, 1.82) is 0 Å². The second-order valence-electron chi connectivity index (χ2n) is 10.4. The van der Waals surface area contributed by atoms with Gasteiger partial charge < -0.3 is 25.0 Å². The molecule has 1 aromatic heterocycles. The van der Waals surface area contributed by atoms with Gasteiger partial charge in [-0.05, 0) is 41.5 Å². The summed E-state index contributed by atoms with van der Waals surface area (Å²) in [5.74, 6) is -2.58. The smallest absolute Gasteiger partial charge is 0.380 e. The molecule has 3 N–H and O–H groups in total. The Bertz CT molecular complexity index is 1300. The number of alkyl halides is 3. The SMILES string of the molecule is CC(C)(CCNC(=O)[C@H](O)[C@@H](O)C(=O)N1Cc2ccccc2C1)CCn1c(C(F)(F)F)nc2ccccc21. The van der Waals surface area contributed by atoms with E-state index in [1.807, 2.05) is 38.1 Å². The normalized spacial score (nSPS) is 15.4. The molecular weight excluding hydrogens is 501 g/mol. The van der Waals surface area contributed by atoms with Crippen LogP contribution in [-0.4, -0.2) is 55.2 Å². The summed E-state index contributed by atoms with van der Waals surface area (Å²) in [4.78, 5) is 30.2. The lowest BCUT2D eigenvalue weighted by Gasteiger charge is -2.26. The molecule has 0 aliphatic carbocycles. The molecule has 0 bridgehead atoms. The van der Waals surface area contributed by atoms with Crippen LogP contribution in [0.5, 0.6) is 0 Å². The summed E-state index contributed by atoms with van der Waals surface area (Å²) in [6.07, 6.45) is -7.69. The molecule has 2 amide bonds. The summed E-state index contributed by atoms with van der Waals surface area (Å²) in [7, 11) is 0. The summed E-state index contributed by atoms with van der Waals surface area (Å²) in [5.41, 5.74) is 2.08. The van der Waals surface area contributed by atoms with Gasteiger partial charge in [-0.1, -0.05) is 50.2 Å². The number of nitrogens with zero attached hydrogens (tertiary/aromatic N) is 3. The first-order chi connectivity index (χ1) is 17.9. The molecular formula is C27H31F3N4O4. The molecule has 204 valence electrons. The minimum atomic E-state index is -4.59. The molecule has 1 aliphatic heterocycles. The van der Waals surface area contributed by atoms with Gasteiger partial charge in [0.15, 0.2) is 12.2 Å². The molecule has 0 unspecified atom stereocenters. The van der Waals surface area contributed by atoms with Gasteiger partial charge in [0.05, 0.1) is 11.0 Å². The van der Waals surface area contributed by atoms with Gasteiger partial charge >= 0.3 is 6.18 Å². The Morgan fingerprint density at radius 1 is 0.974 bits per heavy atom. The Labute approximate surface area is 218 Å². The fourth-order valence-corrected chi connectivity index (χ4v) is 4.64. The lowest BCUT2D eigenvalue weighted by Crippen LogP contribution is -2.50. The van der Waals surface area contributed by atoms with Crippen LogP contribution < -0.4 is 5.32 Å².